The zero-order valence-corrected chi connectivity index (χ0v) is 13.3. The van der Waals surface area contributed by atoms with Gasteiger partial charge < -0.3 is 5.11 Å². The Morgan fingerprint density at radius 2 is 2.25 bits per heavy atom. The van der Waals surface area contributed by atoms with Gasteiger partial charge >= 0.3 is 5.97 Å². The Hall–Kier alpha value is -0.920. The molecule has 5 nitrogen and oxygen atoms in total. The Bertz CT molecular complexity index is 606. The Balaban J connectivity index is 2.23. The highest BCUT2D eigenvalue weighted by atomic mass is 32.2. The number of rotatable bonds is 5. The van der Waals surface area contributed by atoms with Gasteiger partial charge in [0.2, 0.25) is 0 Å². The third-order valence-electron chi connectivity index (χ3n) is 3.63. The van der Waals surface area contributed by atoms with Crippen molar-refractivity contribution in [2.45, 2.75) is 37.3 Å². The number of aromatic carboxylic acids is 1. The first-order valence-electron chi connectivity index (χ1n) is 6.70. The maximum Gasteiger partial charge on any atom is 0.346 e. The van der Waals surface area contributed by atoms with Crippen LogP contribution in [0.5, 0.6) is 0 Å². The van der Waals surface area contributed by atoms with Crippen LogP contribution < -0.4 is 0 Å². The molecule has 0 aromatic carbocycles. The molecule has 0 amide bonds. The van der Waals surface area contributed by atoms with Crippen LogP contribution >= 0.6 is 11.3 Å². The Morgan fingerprint density at radius 1 is 1.55 bits per heavy atom. The minimum atomic E-state index is -3.54. The van der Waals surface area contributed by atoms with Crippen LogP contribution in [0.3, 0.4) is 0 Å². The number of nitrogens with zero attached hydrogens (tertiary/aromatic N) is 1. The van der Waals surface area contributed by atoms with Gasteiger partial charge in [-0.15, -0.1) is 11.3 Å². The number of aryl methyl sites for hydroxylation is 1. The molecule has 1 saturated heterocycles. The Kier molecular flexibility index (Phi) is 4.51. The number of hydrogen-bond acceptors (Lipinski definition) is 4. The maximum absolute atomic E-state index is 12.5. The molecule has 0 aliphatic carbocycles. The molecule has 1 N–H and O–H groups in total. The summed E-state index contributed by atoms with van der Waals surface area (Å²) in [4.78, 5) is 11.1. The average molecular weight is 317 g/mol. The van der Waals surface area contributed by atoms with Crippen molar-refractivity contribution >= 4 is 27.3 Å². The van der Waals surface area contributed by atoms with Gasteiger partial charge in [0.1, 0.15) is 9.09 Å². The molecule has 0 spiro atoms. The molecule has 1 unspecified atom stereocenters. The summed E-state index contributed by atoms with van der Waals surface area (Å²) in [5, 5.41) is 9.02. The lowest BCUT2D eigenvalue weighted by Crippen LogP contribution is -2.28. The minimum Gasteiger partial charge on any atom is -0.477 e. The molecule has 20 heavy (non-hydrogen) atoms. The molecule has 1 fully saturated rings. The van der Waals surface area contributed by atoms with Crippen molar-refractivity contribution in [2.24, 2.45) is 5.92 Å². The predicted molar refractivity (Wildman–Crippen MR) is 77.8 cm³/mol. The first-order valence-corrected chi connectivity index (χ1v) is 8.95. The summed E-state index contributed by atoms with van der Waals surface area (Å²) < 4.78 is 26.7. The van der Waals surface area contributed by atoms with E-state index < -0.39 is 16.0 Å². The van der Waals surface area contributed by atoms with Crippen molar-refractivity contribution in [3.8, 4) is 0 Å². The molecule has 0 saturated carbocycles. The zero-order valence-electron chi connectivity index (χ0n) is 11.6. The third-order valence-corrected chi connectivity index (χ3v) is 7.17. The van der Waals surface area contributed by atoms with Crippen molar-refractivity contribution in [2.75, 3.05) is 13.1 Å². The molecule has 1 atom stereocenters. The van der Waals surface area contributed by atoms with E-state index in [1.54, 1.807) is 6.92 Å². The lowest BCUT2D eigenvalue weighted by atomic mass is 10.0. The minimum absolute atomic E-state index is 0.105. The second-order valence-electron chi connectivity index (χ2n) is 5.19. The van der Waals surface area contributed by atoms with Crippen LogP contribution in [0.15, 0.2) is 10.3 Å². The van der Waals surface area contributed by atoms with Crippen molar-refractivity contribution < 1.29 is 18.3 Å². The van der Waals surface area contributed by atoms with Crippen molar-refractivity contribution in [3.05, 3.63) is 16.5 Å². The van der Waals surface area contributed by atoms with E-state index in [2.05, 4.69) is 6.92 Å². The molecule has 1 aliphatic heterocycles. The first-order chi connectivity index (χ1) is 9.36. The highest BCUT2D eigenvalue weighted by Gasteiger charge is 2.33. The molecule has 2 rings (SSSR count). The van der Waals surface area contributed by atoms with Gasteiger partial charge in [0.15, 0.2) is 0 Å². The van der Waals surface area contributed by atoms with Gasteiger partial charge in [-0.05, 0) is 37.3 Å². The molecule has 1 aromatic heterocycles. The van der Waals surface area contributed by atoms with Gasteiger partial charge in [0.25, 0.3) is 10.0 Å². The molecule has 112 valence electrons. The van der Waals surface area contributed by atoms with Crippen LogP contribution in [-0.2, 0) is 10.0 Å². The van der Waals surface area contributed by atoms with E-state index in [0.717, 1.165) is 30.6 Å². The van der Waals surface area contributed by atoms with E-state index in [-0.39, 0.29) is 9.09 Å². The number of sulfonamides is 1. The number of hydrogen-bond donors (Lipinski definition) is 1. The molecule has 7 heteroatoms. The van der Waals surface area contributed by atoms with Crippen LogP contribution in [-0.4, -0.2) is 36.9 Å². The molecule has 1 aromatic rings. The van der Waals surface area contributed by atoms with Crippen molar-refractivity contribution in [1.29, 1.82) is 0 Å². The standard InChI is InChI=1S/C13H19NO4S2/c1-3-4-10-5-6-14(8-10)20(17,18)11-7-9(2)12(19-11)13(15)16/h7,10H,3-6,8H2,1-2H3,(H,15,16). The molecule has 0 bridgehead atoms. The lowest BCUT2D eigenvalue weighted by molar-refractivity contribution is 0.0701. The largest absolute Gasteiger partial charge is 0.477 e. The topological polar surface area (TPSA) is 74.7 Å². The number of carboxylic acids is 1. The summed E-state index contributed by atoms with van der Waals surface area (Å²) in [7, 11) is -3.54. The summed E-state index contributed by atoms with van der Waals surface area (Å²) in [5.74, 6) is -0.644. The number of thiophene rings is 1. The van der Waals surface area contributed by atoms with Crippen LogP contribution in [0.2, 0.25) is 0 Å². The van der Waals surface area contributed by atoms with Gasteiger partial charge in [-0.3, -0.25) is 0 Å². The third kappa shape index (κ3) is 2.89. The quantitative estimate of drug-likeness (QED) is 0.905. The van der Waals surface area contributed by atoms with E-state index in [4.69, 9.17) is 5.11 Å². The van der Waals surface area contributed by atoms with Gasteiger partial charge in [0.05, 0.1) is 0 Å². The Morgan fingerprint density at radius 3 is 2.80 bits per heavy atom. The van der Waals surface area contributed by atoms with Crippen molar-refractivity contribution in [1.82, 2.24) is 4.31 Å². The van der Waals surface area contributed by atoms with Crippen LogP contribution in [0, 0.1) is 12.8 Å². The van der Waals surface area contributed by atoms with Gasteiger partial charge in [0, 0.05) is 13.1 Å². The second kappa shape index (κ2) is 5.83. The van der Waals surface area contributed by atoms with E-state index in [0.29, 0.717) is 24.6 Å². The summed E-state index contributed by atoms with van der Waals surface area (Å²) >= 11 is 0.847. The smallest absolute Gasteiger partial charge is 0.346 e. The van der Waals surface area contributed by atoms with E-state index in [1.807, 2.05) is 0 Å². The van der Waals surface area contributed by atoms with Gasteiger partial charge in [-0.25, -0.2) is 13.2 Å². The van der Waals surface area contributed by atoms with Crippen LogP contribution in [0.25, 0.3) is 0 Å². The highest BCUT2D eigenvalue weighted by Crippen LogP contribution is 2.32. The van der Waals surface area contributed by atoms with Crippen LogP contribution in [0.4, 0.5) is 0 Å². The molecule has 2 heterocycles. The fourth-order valence-electron chi connectivity index (χ4n) is 2.58. The fraction of sp³-hybridized carbons (Fsp3) is 0.615. The average Bonchev–Trinajstić information content (AvgIpc) is 2.96. The summed E-state index contributed by atoms with van der Waals surface area (Å²) in [6.07, 6.45) is 2.99. The molecular weight excluding hydrogens is 298 g/mol. The SMILES string of the molecule is CCCC1CCN(S(=O)(=O)c2cc(C)c(C(=O)O)s2)C1. The van der Waals surface area contributed by atoms with Gasteiger partial charge in [-0.2, -0.15) is 4.31 Å². The van der Waals surface area contributed by atoms with Gasteiger partial charge in [-0.1, -0.05) is 13.3 Å². The van der Waals surface area contributed by atoms with E-state index in [9.17, 15) is 13.2 Å². The molecule has 0 radical (unpaired) electrons. The summed E-state index contributed by atoms with van der Waals surface area (Å²) in [6, 6.07) is 1.47. The van der Waals surface area contributed by atoms with E-state index >= 15 is 0 Å². The Labute approximate surface area is 123 Å². The van der Waals surface area contributed by atoms with Crippen LogP contribution in [0.1, 0.15) is 41.4 Å². The molecule has 1 aliphatic rings. The molecular formula is C13H19NO4S2. The predicted octanol–water partition coefficient (Wildman–Crippen LogP) is 2.57. The zero-order chi connectivity index (χ0) is 14.9. The van der Waals surface area contributed by atoms with E-state index in [1.165, 1.54) is 10.4 Å². The first kappa shape index (κ1) is 15.5. The number of carboxylic acid groups (broad SMARTS) is 1. The number of carbonyl (C=O) groups is 1. The van der Waals surface area contributed by atoms with Crippen molar-refractivity contribution in [3.63, 3.8) is 0 Å². The summed E-state index contributed by atoms with van der Waals surface area (Å²) in [6.45, 7) is 4.81. The normalized spacial score (nSPS) is 20.4. The lowest BCUT2D eigenvalue weighted by Gasteiger charge is -2.15. The summed E-state index contributed by atoms with van der Waals surface area (Å²) in [5.41, 5.74) is 0.505. The fourth-order valence-corrected chi connectivity index (χ4v) is 5.64. The highest BCUT2D eigenvalue weighted by molar-refractivity contribution is 7.91. The maximum atomic E-state index is 12.5. The monoisotopic (exact) mass is 317 g/mol. The second-order valence-corrected chi connectivity index (χ2v) is 8.41.